The summed E-state index contributed by atoms with van der Waals surface area (Å²) >= 11 is 0. The van der Waals surface area contributed by atoms with E-state index in [1.807, 2.05) is 0 Å². The second-order valence-electron chi connectivity index (χ2n) is 5.01. The van der Waals surface area contributed by atoms with Gasteiger partial charge in [-0.1, -0.05) is 19.8 Å². The highest BCUT2D eigenvalue weighted by Crippen LogP contribution is 2.45. The molecule has 0 aromatic heterocycles. The molecule has 2 fully saturated rings. The molecule has 0 aromatic carbocycles. The minimum Gasteiger partial charge on any atom is -0.295 e. The molecule has 2 aliphatic rings. The fourth-order valence-electron chi connectivity index (χ4n) is 3.45. The molecule has 1 unspecified atom stereocenters. The normalized spacial score (nSPS) is 39.7. The summed E-state index contributed by atoms with van der Waals surface area (Å²) in [5, 5.41) is 0. The van der Waals surface area contributed by atoms with Crippen LogP contribution in [0.15, 0.2) is 0 Å². The van der Waals surface area contributed by atoms with Crippen molar-refractivity contribution in [1.82, 2.24) is 4.90 Å². The Kier molecular flexibility index (Phi) is 2.64. The van der Waals surface area contributed by atoms with Crippen molar-refractivity contribution in [2.45, 2.75) is 70.4 Å². The quantitative estimate of drug-likeness (QED) is 0.646. The highest BCUT2D eigenvalue weighted by molar-refractivity contribution is 5.02. The minimum atomic E-state index is 0.662. The van der Waals surface area contributed by atoms with Crippen LogP contribution >= 0.6 is 0 Å². The van der Waals surface area contributed by atoms with E-state index >= 15 is 0 Å². The Morgan fingerprint density at radius 3 is 3.00 bits per heavy atom. The second kappa shape index (κ2) is 3.61. The van der Waals surface area contributed by atoms with E-state index in [2.05, 4.69) is 18.7 Å². The van der Waals surface area contributed by atoms with Gasteiger partial charge >= 0.3 is 0 Å². The Morgan fingerprint density at radius 1 is 1.38 bits per heavy atom. The molecule has 1 heteroatoms. The van der Waals surface area contributed by atoms with Gasteiger partial charge < -0.3 is 0 Å². The van der Waals surface area contributed by atoms with Crippen LogP contribution in [-0.2, 0) is 0 Å². The second-order valence-corrected chi connectivity index (χ2v) is 5.01. The Labute approximate surface area is 82.5 Å². The van der Waals surface area contributed by atoms with Crippen LogP contribution in [0, 0.1) is 0 Å². The Bertz CT molecular complexity index is 178. The fraction of sp³-hybridized carbons (Fsp3) is 1.00. The monoisotopic (exact) mass is 181 g/mol. The van der Waals surface area contributed by atoms with Gasteiger partial charge in [-0.3, -0.25) is 4.90 Å². The summed E-state index contributed by atoms with van der Waals surface area (Å²) < 4.78 is 0. The minimum absolute atomic E-state index is 0.662. The molecule has 0 saturated carbocycles. The molecule has 0 aromatic rings. The van der Waals surface area contributed by atoms with Gasteiger partial charge in [0.25, 0.3) is 0 Å². The van der Waals surface area contributed by atoms with Gasteiger partial charge in [-0.05, 0) is 45.6 Å². The van der Waals surface area contributed by atoms with Crippen LogP contribution in [0.3, 0.4) is 0 Å². The van der Waals surface area contributed by atoms with Gasteiger partial charge in [-0.2, -0.15) is 0 Å². The van der Waals surface area contributed by atoms with E-state index in [1.165, 1.54) is 51.5 Å². The maximum atomic E-state index is 2.81. The van der Waals surface area contributed by atoms with Crippen LogP contribution in [0.1, 0.15) is 58.8 Å². The fourth-order valence-corrected chi connectivity index (χ4v) is 3.45. The first-order valence-electron chi connectivity index (χ1n) is 6.05. The van der Waals surface area contributed by atoms with Gasteiger partial charge in [0.15, 0.2) is 0 Å². The third-order valence-corrected chi connectivity index (χ3v) is 4.21. The number of nitrogens with zero attached hydrogens (tertiary/aromatic N) is 1. The van der Waals surface area contributed by atoms with E-state index in [9.17, 15) is 0 Å². The van der Waals surface area contributed by atoms with Crippen molar-refractivity contribution >= 4 is 0 Å². The molecule has 2 atom stereocenters. The van der Waals surface area contributed by atoms with E-state index in [4.69, 9.17) is 0 Å². The molecule has 76 valence electrons. The van der Waals surface area contributed by atoms with Crippen molar-refractivity contribution < 1.29 is 0 Å². The molecule has 13 heavy (non-hydrogen) atoms. The molecule has 0 bridgehead atoms. The molecule has 0 radical (unpaired) electrons. The van der Waals surface area contributed by atoms with Crippen LogP contribution in [0.5, 0.6) is 0 Å². The van der Waals surface area contributed by atoms with Crippen molar-refractivity contribution in [1.29, 1.82) is 0 Å². The third kappa shape index (κ3) is 1.52. The first kappa shape index (κ1) is 9.51. The molecule has 0 aliphatic carbocycles. The molecule has 2 saturated heterocycles. The summed E-state index contributed by atoms with van der Waals surface area (Å²) in [4.78, 5) is 2.81. The molecular formula is C12H23N. The largest absolute Gasteiger partial charge is 0.295 e. The lowest BCUT2D eigenvalue weighted by Gasteiger charge is -2.34. The standard InChI is InChI=1S/C12H23N/c1-3-4-7-12-8-5-10-13(12)11(2)6-9-12/h11H,3-10H2,1-2H3/t11-,12?/m0/s1. The molecule has 2 aliphatic heterocycles. The lowest BCUT2D eigenvalue weighted by molar-refractivity contribution is 0.145. The summed E-state index contributed by atoms with van der Waals surface area (Å²) in [6, 6.07) is 0.874. The Hall–Kier alpha value is -0.0400. The molecule has 1 nitrogen and oxygen atoms in total. The van der Waals surface area contributed by atoms with Crippen molar-refractivity contribution in [2.24, 2.45) is 0 Å². The summed E-state index contributed by atoms with van der Waals surface area (Å²) in [6.45, 7) is 6.11. The predicted octanol–water partition coefficient (Wildman–Crippen LogP) is 3.19. The maximum Gasteiger partial charge on any atom is 0.0213 e. The van der Waals surface area contributed by atoms with Gasteiger partial charge in [-0.25, -0.2) is 0 Å². The van der Waals surface area contributed by atoms with Gasteiger partial charge in [0.2, 0.25) is 0 Å². The average Bonchev–Trinajstić information content (AvgIpc) is 2.65. The maximum absolute atomic E-state index is 2.81. The van der Waals surface area contributed by atoms with E-state index in [0.29, 0.717) is 5.54 Å². The van der Waals surface area contributed by atoms with E-state index < -0.39 is 0 Å². The lowest BCUT2D eigenvalue weighted by Crippen LogP contribution is -2.41. The van der Waals surface area contributed by atoms with Gasteiger partial charge in [0.05, 0.1) is 0 Å². The number of rotatable bonds is 3. The van der Waals surface area contributed by atoms with Gasteiger partial charge in [-0.15, -0.1) is 0 Å². The number of fused-ring (bicyclic) bond motifs is 1. The third-order valence-electron chi connectivity index (χ3n) is 4.21. The van der Waals surface area contributed by atoms with Crippen molar-refractivity contribution in [3.05, 3.63) is 0 Å². The van der Waals surface area contributed by atoms with Gasteiger partial charge in [0, 0.05) is 11.6 Å². The zero-order chi connectivity index (χ0) is 9.31. The van der Waals surface area contributed by atoms with Crippen molar-refractivity contribution in [2.75, 3.05) is 6.54 Å². The first-order valence-corrected chi connectivity index (χ1v) is 6.05. The molecule has 2 heterocycles. The Morgan fingerprint density at radius 2 is 2.23 bits per heavy atom. The zero-order valence-corrected chi connectivity index (χ0v) is 9.18. The van der Waals surface area contributed by atoms with E-state index in [1.54, 1.807) is 0 Å². The van der Waals surface area contributed by atoms with Crippen molar-refractivity contribution in [3.8, 4) is 0 Å². The van der Waals surface area contributed by atoms with Crippen LogP contribution in [-0.4, -0.2) is 23.0 Å². The van der Waals surface area contributed by atoms with Crippen molar-refractivity contribution in [3.63, 3.8) is 0 Å². The van der Waals surface area contributed by atoms with Crippen LogP contribution in [0.4, 0.5) is 0 Å². The molecule has 0 N–H and O–H groups in total. The van der Waals surface area contributed by atoms with E-state index in [-0.39, 0.29) is 0 Å². The number of hydrogen-bond donors (Lipinski definition) is 0. The molecule has 0 amide bonds. The van der Waals surface area contributed by atoms with E-state index in [0.717, 1.165) is 6.04 Å². The highest BCUT2D eigenvalue weighted by Gasteiger charge is 2.46. The zero-order valence-electron chi connectivity index (χ0n) is 9.18. The number of unbranched alkanes of at least 4 members (excludes halogenated alkanes) is 1. The topological polar surface area (TPSA) is 3.24 Å². The molecular weight excluding hydrogens is 158 g/mol. The van der Waals surface area contributed by atoms with Crippen LogP contribution < -0.4 is 0 Å². The molecule has 2 rings (SSSR count). The highest BCUT2D eigenvalue weighted by atomic mass is 15.3. The summed E-state index contributed by atoms with van der Waals surface area (Å²) in [6.07, 6.45) is 10.1. The summed E-state index contributed by atoms with van der Waals surface area (Å²) in [5.41, 5.74) is 0.662. The van der Waals surface area contributed by atoms with Gasteiger partial charge in [0.1, 0.15) is 0 Å². The average molecular weight is 181 g/mol. The SMILES string of the molecule is CCCCC12CCCN1[C@@H](C)CC2. The summed E-state index contributed by atoms with van der Waals surface area (Å²) in [7, 11) is 0. The first-order chi connectivity index (χ1) is 6.28. The lowest BCUT2D eigenvalue weighted by atomic mass is 9.88. The Balaban J connectivity index is 2.02. The predicted molar refractivity (Wildman–Crippen MR) is 56.9 cm³/mol. The number of hydrogen-bond acceptors (Lipinski definition) is 1. The molecule has 0 spiro atoms. The van der Waals surface area contributed by atoms with Crippen LogP contribution in [0.2, 0.25) is 0 Å². The van der Waals surface area contributed by atoms with Crippen LogP contribution in [0.25, 0.3) is 0 Å². The smallest absolute Gasteiger partial charge is 0.0213 e. The summed E-state index contributed by atoms with van der Waals surface area (Å²) in [5.74, 6) is 0.